The fourth-order valence-electron chi connectivity index (χ4n) is 8.21. The predicted molar refractivity (Wildman–Crippen MR) is 307 cm³/mol. The average molecular weight is 1030 g/mol. The largest absolute Gasteiger partial charge is 0.472 e. The fraction of sp³-hybridized carbons (Fsp3) is 0.742. The van der Waals surface area contributed by atoms with Crippen LogP contribution in [-0.4, -0.2) is 49.3 Å². The molecule has 0 aromatic heterocycles. The van der Waals surface area contributed by atoms with Crippen LogP contribution in [0.15, 0.2) is 85.1 Å². The molecule has 416 valence electrons. The first-order valence-electron chi connectivity index (χ1n) is 29.6. The standard InChI is InChI=1S/C62H110NO8P/c1-3-5-7-9-11-13-15-17-19-20-21-22-23-24-25-26-27-28-29-30-31-32-33-34-35-36-37-38-39-40-41-43-45-47-49-51-53-55-62(65)71-60(59-70-72(66,67)69-57-56-63)58-68-61(64)54-52-50-48-46-44-42-18-16-14-12-10-8-6-4-2/h5,7,11,13,17,19,21-22,24-25,27-28,30-31,60H,3-4,6,8-10,12,14-16,18,20,23,26,29,32-59,63H2,1-2H3,(H,66,67)/b7-5-,13-11-,19-17-,22-21-,25-24-,28-27-,31-30-. The Labute approximate surface area is 443 Å². The lowest BCUT2D eigenvalue weighted by molar-refractivity contribution is -0.161. The number of phosphoric acid groups is 1. The number of hydrogen-bond donors (Lipinski definition) is 2. The van der Waals surface area contributed by atoms with Crippen LogP contribution in [0.4, 0.5) is 0 Å². The molecule has 0 heterocycles. The van der Waals surface area contributed by atoms with E-state index in [1.165, 1.54) is 148 Å². The quantitative estimate of drug-likeness (QED) is 0.0264. The average Bonchev–Trinajstić information content (AvgIpc) is 3.37. The van der Waals surface area contributed by atoms with Crippen LogP contribution in [0.5, 0.6) is 0 Å². The van der Waals surface area contributed by atoms with Crippen molar-refractivity contribution < 1.29 is 37.6 Å². The third kappa shape index (κ3) is 56.5. The molecule has 0 spiro atoms. The van der Waals surface area contributed by atoms with Crippen molar-refractivity contribution in [2.24, 2.45) is 5.73 Å². The smallest absolute Gasteiger partial charge is 0.462 e. The van der Waals surface area contributed by atoms with E-state index in [9.17, 15) is 19.0 Å². The summed E-state index contributed by atoms with van der Waals surface area (Å²) >= 11 is 0. The van der Waals surface area contributed by atoms with Crippen LogP contribution in [0.3, 0.4) is 0 Å². The highest BCUT2D eigenvalue weighted by Crippen LogP contribution is 2.43. The van der Waals surface area contributed by atoms with Gasteiger partial charge in [0.05, 0.1) is 13.2 Å². The molecule has 0 fully saturated rings. The van der Waals surface area contributed by atoms with Crippen molar-refractivity contribution >= 4 is 19.8 Å². The Balaban J connectivity index is 3.88. The minimum atomic E-state index is -4.38. The highest BCUT2D eigenvalue weighted by atomic mass is 31.2. The number of carbonyl (C=O) groups is 2. The van der Waals surface area contributed by atoms with Crippen LogP contribution in [-0.2, 0) is 32.7 Å². The van der Waals surface area contributed by atoms with Crippen molar-refractivity contribution in [3.05, 3.63) is 85.1 Å². The van der Waals surface area contributed by atoms with E-state index in [1.54, 1.807) is 0 Å². The maximum Gasteiger partial charge on any atom is 0.472 e. The molecule has 0 aliphatic rings. The second-order valence-corrected chi connectivity index (χ2v) is 20.9. The Morgan fingerprint density at radius 2 is 0.764 bits per heavy atom. The van der Waals surface area contributed by atoms with Crippen LogP contribution in [0, 0.1) is 0 Å². The summed E-state index contributed by atoms with van der Waals surface area (Å²) in [6.07, 6.45) is 75.1. The van der Waals surface area contributed by atoms with E-state index in [-0.39, 0.29) is 38.6 Å². The Morgan fingerprint density at radius 1 is 0.431 bits per heavy atom. The maximum absolute atomic E-state index is 12.7. The van der Waals surface area contributed by atoms with Gasteiger partial charge in [0.25, 0.3) is 0 Å². The monoisotopic (exact) mass is 1030 g/mol. The molecule has 72 heavy (non-hydrogen) atoms. The lowest BCUT2D eigenvalue weighted by Gasteiger charge is -2.19. The number of esters is 2. The van der Waals surface area contributed by atoms with E-state index < -0.39 is 26.5 Å². The summed E-state index contributed by atoms with van der Waals surface area (Å²) in [4.78, 5) is 35.1. The number of nitrogens with two attached hydrogens (primary N) is 1. The Morgan fingerprint density at radius 3 is 1.14 bits per heavy atom. The lowest BCUT2D eigenvalue weighted by atomic mass is 10.0. The van der Waals surface area contributed by atoms with E-state index in [0.29, 0.717) is 6.42 Å². The minimum absolute atomic E-state index is 0.0528. The highest BCUT2D eigenvalue weighted by molar-refractivity contribution is 7.47. The zero-order valence-corrected chi connectivity index (χ0v) is 47.3. The lowest BCUT2D eigenvalue weighted by Crippen LogP contribution is -2.29. The second kappa shape index (κ2) is 57.5. The Hall–Kier alpha value is -2.81. The predicted octanol–water partition coefficient (Wildman–Crippen LogP) is 18.7. The van der Waals surface area contributed by atoms with E-state index >= 15 is 0 Å². The van der Waals surface area contributed by atoms with Crippen LogP contribution in [0.1, 0.15) is 264 Å². The molecular weight excluding hydrogens is 918 g/mol. The van der Waals surface area contributed by atoms with E-state index in [0.717, 1.165) is 83.5 Å². The molecule has 0 amide bonds. The molecule has 0 rings (SSSR count). The van der Waals surface area contributed by atoms with Gasteiger partial charge in [-0.3, -0.25) is 18.6 Å². The van der Waals surface area contributed by atoms with Gasteiger partial charge in [-0.25, -0.2) is 4.57 Å². The van der Waals surface area contributed by atoms with Crippen LogP contribution in [0.25, 0.3) is 0 Å². The number of phosphoric ester groups is 1. The molecule has 0 aromatic rings. The molecule has 2 atom stereocenters. The summed E-state index contributed by atoms with van der Waals surface area (Å²) in [5, 5.41) is 0. The summed E-state index contributed by atoms with van der Waals surface area (Å²) in [5.74, 6) is -0.821. The molecule has 0 aromatic carbocycles. The molecule has 10 heteroatoms. The van der Waals surface area contributed by atoms with Crippen LogP contribution >= 0.6 is 7.82 Å². The van der Waals surface area contributed by atoms with Crippen LogP contribution < -0.4 is 5.73 Å². The van der Waals surface area contributed by atoms with E-state index in [2.05, 4.69) is 98.9 Å². The summed E-state index contributed by atoms with van der Waals surface area (Å²) < 4.78 is 33.0. The molecule has 0 saturated carbocycles. The van der Waals surface area contributed by atoms with Gasteiger partial charge in [0.2, 0.25) is 0 Å². The van der Waals surface area contributed by atoms with Crippen molar-refractivity contribution in [1.29, 1.82) is 0 Å². The van der Waals surface area contributed by atoms with E-state index in [4.69, 9.17) is 24.3 Å². The van der Waals surface area contributed by atoms with Gasteiger partial charge in [0.15, 0.2) is 6.10 Å². The molecular formula is C62H110NO8P. The van der Waals surface area contributed by atoms with Crippen LogP contribution in [0.2, 0.25) is 0 Å². The molecule has 0 saturated heterocycles. The Kier molecular flexibility index (Phi) is 55.2. The number of allylic oxidation sites excluding steroid dienone is 14. The zero-order valence-electron chi connectivity index (χ0n) is 46.4. The molecule has 3 N–H and O–H groups in total. The van der Waals surface area contributed by atoms with Gasteiger partial charge in [0, 0.05) is 19.4 Å². The summed E-state index contributed by atoms with van der Waals surface area (Å²) in [5.41, 5.74) is 5.38. The van der Waals surface area contributed by atoms with Crippen molar-refractivity contribution in [2.45, 2.75) is 270 Å². The van der Waals surface area contributed by atoms with Gasteiger partial charge in [-0.2, -0.15) is 0 Å². The first kappa shape index (κ1) is 69.2. The SMILES string of the molecule is CC/C=C\C/C=C\C/C=C\C/C=C\C/C=C\C/C=C\C/C=C\CCCCCCCCCCCCCCCCCC(=O)OC(COC(=O)CCCCCCCCCCCCCCCC)COP(=O)(O)OCCN. The topological polar surface area (TPSA) is 134 Å². The molecule has 2 unspecified atom stereocenters. The van der Waals surface area contributed by atoms with Gasteiger partial charge in [-0.1, -0.05) is 266 Å². The first-order chi connectivity index (χ1) is 35.3. The van der Waals surface area contributed by atoms with Gasteiger partial charge in [-0.15, -0.1) is 0 Å². The number of carbonyl (C=O) groups excluding carboxylic acids is 2. The van der Waals surface area contributed by atoms with Gasteiger partial charge in [0.1, 0.15) is 6.61 Å². The maximum atomic E-state index is 12.7. The van der Waals surface area contributed by atoms with Gasteiger partial charge in [-0.05, 0) is 70.6 Å². The molecule has 0 aliphatic carbocycles. The zero-order chi connectivity index (χ0) is 52.4. The molecule has 9 nitrogen and oxygen atoms in total. The highest BCUT2D eigenvalue weighted by Gasteiger charge is 2.26. The molecule has 0 radical (unpaired) electrons. The normalized spacial score (nSPS) is 13.7. The summed E-state index contributed by atoms with van der Waals surface area (Å²) in [6, 6.07) is 0. The molecule has 0 aliphatic heterocycles. The van der Waals surface area contributed by atoms with Gasteiger partial charge >= 0.3 is 19.8 Å². The number of unbranched alkanes of at least 4 members (excludes halogenated alkanes) is 28. The van der Waals surface area contributed by atoms with Crippen molar-refractivity contribution in [1.82, 2.24) is 0 Å². The second-order valence-electron chi connectivity index (χ2n) is 19.5. The Bertz CT molecular complexity index is 1450. The van der Waals surface area contributed by atoms with E-state index in [1.807, 2.05) is 0 Å². The van der Waals surface area contributed by atoms with Crippen molar-refractivity contribution in [3.8, 4) is 0 Å². The third-order valence-corrected chi connectivity index (χ3v) is 13.5. The fourth-order valence-corrected chi connectivity index (χ4v) is 8.97. The molecule has 0 bridgehead atoms. The summed E-state index contributed by atoms with van der Waals surface area (Å²) in [7, 11) is -4.38. The van der Waals surface area contributed by atoms with Crippen molar-refractivity contribution in [3.63, 3.8) is 0 Å². The van der Waals surface area contributed by atoms with Gasteiger partial charge < -0.3 is 20.1 Å². The minimum Gasteiger partial charge on any atom is -0.462 e. The first-order valence-corrected chi connectivity index (χ1v) is 31.1. The number of hydrogen-bond acceptors (Lipinski definition) is 8. The number of ether oxygens (including phenoxy) is 2. The van der Waals surface area contributed by atoms with Crippen molar-refractivity contribution in [2.75, 3.05) is 26.4 Å². The third-order valence-electron chi connectivity index (χ3n) is 12.5. The number of rotatable bonds is 55. The summed E-state index contributed by atoms with van der Waals surface area (Å²) in [6.45, 7) is 3.65.